The molecule has 0 radical (unpaired) electrons. The summed E-state index contributed by atoms with van der Waals surface area (Å²) in [5, 5.41) is 21.2. The van der Waals surface area contributed by atoms with Crippen LogP contribution < -0.4 is 5.73 Å². The lowest BCUT2D eigenvalue weighted by atomic mass is 9.82. The summed E-state index contributed by atoms with van der Waals surface area (Å²) >= 11 is 0. The van der Waals surface area contributed by atoms with E-state index in [1.807, 2.05) is 0 Å². The fourth-order valence-electron chi connectivity index (χ4n) is 4.16. The second-order valence-electron chi connectivity index (χ2n) is 7.91. The van der Waals surface area contributed by atoms with Crippen LogP contribution in [0.2, 0.25) is 0 Å². The molecule has 0 spiro atoms. The molecule has 2 aromatic carbocycles. The van der Waals surface area contributed by atoms with Gasteiger partial charge in [-0.2, -0.15) is 0 Å². The first-order valence-electron chi connectivity index (χ1n) is 10.1. The molecule has 1 heterocycles. The molecule has 2 aliphatic rings. The highest BCUT2D eigenvalue weighted by Crippen LogP contribution is 2.40. The Hall–Kier alpha value is -3.27. The third kappa shape index (κ3) is 3.75. The average molecular weight is 441 g/mol. The van der Waals surface area contributed by atoms with E-state index in [0.29, 0.717) is 0 Å². The number of rotatable bonds is 4. The Morgan fingerprint density at radius 1 is 1.16 bits per heavy atom. The van der Waals surface area contributed by atoms with Gasteiger partial charge in [0.1, 0.15) is 17.6 Å². The van der Waals surface area contributed by atoms with Crippen LogP contribution >= 0.6 is 0 Å². The molecule has 0 unspecified atom stereocenters. The minimum absolute atomic E-state index is 0.119. The third-order valence-electron chi connectivity index (χ3n) is 5.67. The number of hydrogen-bond donors (Lipinski definition) is 3. The fraction of sp³-hybridized carbons (Fsp3) is 0.348. The molecule has 2 aromatic rings. The van der Waals surface area contributed by atoms with Crippen molar-refractivity contribution in [3.8, 4) is 11.5 Å². The third-order valence-corrected chi connectivity index (χ3v) is 5.67. The summed E-state index contributed by atoms with van der Waals surface area (Å²) in [5.41, 5.74) is 6.05. The number of carbonyl (C=O) groups excluding carboxylic acids is 3. The van der Waals surface area contributed by atoms with Crippen molar-refractivity contribution >= 4 is 17.5 Å². The topological polar surface area (TPSA) is 145 Å². The SMILES string of the molecule is CC(=O)O[C@H]1[C@H](C)O[C@@H](OCc2cc(O)c3c(c2O)C(=O)c2ccccc2C3=O)C[C@@H]1N. The Kier molecular flexibility index (Phi) is 5.72. The zero-order valence-electron chi connectivity index (χ0n) is 17.5. The summed E-state index contributed by atoms with van der Waals surface area (Å²) in [5.74, 6) is -2.41. The first-order valence-corrected chi connectivity index (χ1v) is 10.1. The van der Waals surface area contributed by atoms with Gasteiger partial charge in [-0.05, 0) is 13.0 Å². The lowest BCUT2D eigenvalue weighted by molar-refractivity contribution is -0.233. The standard InChI is InChI=1S/C23H23NO8/c1-10-23(32-11(2)25)15(24)8-17(31-10)30-9-12-7-16(26)18-19(20(12)27)22(29)14-6-4-3-5-13(14)21(18)28/h3-7,10,15,17,23,26-27H,8-9,24H2,1-2H3/t10-,15-,17+,23-/m0/s1. The maximum Gasteiger partial charge on any atom is 0.303 e. The van der Waals surface area contributed by atoms with Crippen LogP contribution in [0.4, 0.5) is 0 Å². The van der Waals surface area contributed by atoms with Gasteiger partial charge >= 0.3 is 5.97 Å². The smallest absolute Gasteiger partial charge is 0.303 e. The van der Waals surface area contributed by atoms with Gasteiger partial charge in [0.05, 0.1) is 23.8 Å². The molecule has 9 heteroatoms. The second kappa shape index (κ2) is 8.34. The van der Waals surface area contributed by atoms with Gasteiger partial charge in [-0.1, -0.05) is 24.3 Å². The first kappa shape index (κ1) is 21.9. The molecule has 0 amide bonds. The Bertz CT molecular complexity index is 1100. The minimum atomic E-state index is -0.762. The number of phenolic OH excluding ortho intramolecular Hbond substituents is 2. The van der Waals surface area contributed by atoms with Crippen LogP contribution in [-0.2, 0) is 25.6 Å². The summed E-state index contributed by atoms with van der Waals surface area (Å²) in [6.45, 7) is 2.78. The van der Waals surface area contributed by atoms with E-state index in [9.17, 15) is 24.6 Å². The highest BCUT2D eigenvalue weighted by atomic mass is 16.7. The summed E-state index contributed by atoms with van der Waals surface area (Å²) < 4.78 is 16.6. The van der Waals surface area contributed by atoms with Crippen molar-refractivity contribution in [1.82, 2.24) is 0 Å². The lowest BCUT2D eigenvalue weighted by Gasteiger charge is -2.38. The highest BCUT2D eigenvalue weighted by Gasteiger charge is 2.38. The molecule has 4 N–H and O–H groups in total. The van der Waals surface area contributed by atoms with Gasteiger partial charge in [0.15, 0.2) is 17.9 Å². The zero-order chi connectivity index (χ0) is 23.2. The molecule has 0 bridgehead atoms. The molecular formula is C23H23NO8. The van der Waals surface area contributed by atoms with Crippen LogP contribution in [-0.4, -0.2) is 52.3 Å². The molecule has 168 valence electrons. The molecule has 0 aromatic heterocycles. The number of phenols is 2. The van der Waals surface area contributed by atoms with Crippen LogP contribution in [0.1, 0.15) is 57.7 Å². The van der Waals surface area contributed by atoms with Crippen molar-refractivity contribution in [3.05, 3.63) is 58.1 Å². The first-order chi connectivity index (χ1) is 15.2. The van der Waals surface area contributed by atoms with E-state index < -0.39 is 53.6 Å². The Balaban J connectivity index is 1.56. The monoisotopic (exact) mass is 441 g/mol. The fourth-order valence-corrected chi connectivity index (χ4v) is 4.16. The van der Waals surface area contributed by atoms with Crippen LogP contribution in [0.3, 0.4) is 0 Å². The average Bonchev–Trinajstić information content (AvgIpc) is 2.74. The molecule has 1 aliphatic carbocycles. The number of ketones is 2. The van der Waals surface area contributed by atoms with Gasteiger partial charge in [0.2, 0.25) is 0 Å². The quantitative estimate of drug-likeness (QED) is 0.407. The molecule has 4 rings (SSSR count). The molecule has 1 saturated heterocycles. The van der Waals surface area contributed by atoms with E-state index in [1.165, 1.54) is 25.1 Å². The highest BCUT2D eigenvalue weighted by molar-refractivity contribution is 6.30. The van der Waals surface area contributed by atoms with Crippen molar-refractivity contribution < 1.29 is 38.8 Å². The van der Waals surface area contributed by atoms with Crippen molar-refractivity contribution in [1.29, 1.82) is 0 Å². The van der Waals surface area contributed by atoms with Gasteiger partial charge in [-0.25, -0.2) is 0 Å². The number of nitrogens with two attached hydrogens (primary N) is 1. The number of aromatic hydroxyl groups is 2. The second-order valence-corrected chi connectivity index (χ2v) is 7.91. The number of fused-ring (bicyclic) bond motifs is 2. The van der Waals surface area contributed by atoms with E-state index in [2.05, 4.69) is 0 Å². The molecule has 32 heavy (non-hydrogen) atoms. The molecular weight excluding hydrogens is 418 g/mol. The zero-order valence-corrected chi connectivity index (χ0v) is 17.5. The Morgan fingerprint density at radius 2 is 1.78 bits per heavy atom. The molecule has 0 saturated carbocycles. The van der Waals surface area contributed by atoms with Gasteiger partial charge in [-0.3, -0.25) is 14.4 Å². The maximum absolute atomic E-state index is 12.9. The van der Waals surface area contributed by atoms with Crippen molar-refractivity contribution in [2.75, 3.05) is 0 Å². The normalized spacial score (nSPS) is 24.6. The van der Waals surface area contributed by atoms with E-state index in [0.717, 1.165) is 0 Å². The number of esters is 1. The number of benzene rings is 2. The Labute approximate surface area is 183 Å². The van der Waals surface area contributed by atoms with Crippen molar-refractivity contribution in [2.45, 2.75) is 51.4 Å². The van der Waals surface area contributed by atoms with E-state index in [4.69, 9.17) is 19.9 Å². The van der Waals surface area contributed by atoms with Gasteiger partial charge in [0, 0.05) is 36.1 Å². The predicted molar refractivity (Wildman–Crippen MR) is 110 cm³/mol. The van der Waals surface area contributed by atoms with Crippen molar-refractivity contribution in [2.24, 2.45) is 5.73 Å². The largest absolute Gasteiger partial charge is 0.507 e. The lowest BCUT2D eigenvalue weighted by Crippen LogP contribution is -2.53. The van der Waals surface area contributed by atoms with Gasteiger partial charge < -0.3 is 30.2 Å². The van der Waals surface area contributed by atoms with Crippen molar-refractivity contribution in [3.63, 3.8) is 0 Å². The molecule has 4 atom stereocenters. The predicted octanol–water partition coefficient (Wildman–Crippen LogP) is 1.78. The van der Waals surface area contributed by atoms with E-state index in [1.54, 1.807) is 19.1 Å². The maximum atomic E-state index is 12.9. The van der Waals surface area contributed by atoms with E-state index in [-0.39, 0.29) is 40.8 Å². The van der Waals surface area contributed by atoms with Gasteiger partial charge in [0.25, 0.3) is 0 Å². The summed E-state index contributed by atoms with van der Waals surface area (Å²) in [7, 11) is 0. The summed E-state index contributed by atoms with van der Waals surface area (Å²) in [6.07, 6.45) is -1.67. The number of hydrogen-bond acceptors (Lipinski definition) is 9. The molecule has 1 aliphatic heterocycles. The Morgan fingerprint density at radius 3 is 2.38 bits per heavy atom. The minimum Gasteiger partial charge on any atom is -0.507 e. The number of ether oxygens (including phenoxy) is 3. The molecule has 1 fully saturated rings. The molecule has 9 nitrogen and oxygen atoms in total. The number of carbonyl (C=O) groups is 3. The van der Waals surface area contributed by atoms with Gasteiger partial charge in [-0.15, -0.1) is 0 Å². The summed E-state index contributed by atoms with van der Waals surface area (Å²) in [6, 6.07) is 6.91. The van der Waals surface area contributed by atoms with Crippen LogP contribution in [0.5, 0.6) is 11.5 Å². The van der Waals surface area contributed by atoms with Crippen LogP contribution in [0, 0.1) is 0 Å². The summed E-state index contributed by atoms with van der Waals surface area (Å²) in [4.78, 5) is 37.0. The van der Waals surface area contributed by atoms with Crippen LogP contribution in [0.15, 0.2) is 30.3 Å². The van der Waals surface area contributed by atoms with E-state index >= 15 is 0 Å². The van der Waals surface area contributed by atoms with Crippen LogP contribution in [0.25, 0.3) is 0 Å².